The zero-order valence-corrected chi connectivity index (χ0v) is 10.9. The minimum Gasteiger partial charge on any atom is -0.373 e. The minimum absolute atomic E-state index is 0.0937. The lowest BCUT2D eigenvalue weighted by molar-refractivity contribution is -0.296. The summed E-state index contributed by atoms with van der Waals surface area (Å²) < 4.78 is 17.7. The van der Waals surface area contributed by atoms with Crippen molar-refractivity contribution in [3.05, 3.63) is 35.9 Å². The lowest BCUT2D eigenvalue weighted by Gasteiger charge is -2.45. The van der Waals surface area contributed by atoms with Gasteiger partial charge in [0.15, 0.2) is 6.29 Å². The fraction of sp³-hybridized carbons (Fsp3) is 0.600. The maximum atomic E-state index is 6.11. The summed E-state index contributed by atoms with van der Waals surface area (Å²) in [6, 6.07) is 10.1. The molecule has 2 heterocycles. The van der Waals surface area contributed by atoms with Crippen LogP contribution in [0.3, 0.4) is 0 Å². The normalized spacial score (nSPS) is 40.2. The van der Waals surface area contributed by atoms with Crippen molar-refractivity contribution in [1.82, 2.24) is 0 Å². The smallest absolute Gasteiger partial charge is 0.184 e. The van der Waals surface area contributed by atoms with Crippen LogP contribution in [0.2, 0.25) is 0 Å². The summed E-state index contributed by atoms with van der Waals surface area (Å²) in [5, 5.41) is 0. The molecule has 1 aromatic rings. The van der Waals surface area contributed by atoms with Crippen LogP contribution in [0.25, 0.3) is 0 Å². The van der Waals surface area contributed by atoms with E-state index in [9.17, 15) is 0 Å². The highest BCUT2D eigenvalue weighted by atomic mass is 16.7. The van der Waals surface area contributed by atoms with Crippen molar-refractivity contribution in [3.8, 4) is 0 Å². The average Bonchev–Trinajstić information content (AvgIpc) is 2.44. The van der Waals surface area contributed by atoms with E-state index in [4.69, 9.17) is 14.2 Å². The second-order valence-electron chi connectivity index (χ2n) is 5.38. The largest absolute Gasteiger partial charge is 0.373 e. The third-order valence-corrected chi connectivity index (χ3v) is 4.12. The Balaban J connectivity index is 1.75. The molecule has 98 valence electrons. The first-order valence-corrected chi connectivity index (χ1v) is 6.69. The van der Waals surface area contributed by atoms with Crippen molar-refractivity contribution in [2.45, 2.75) is 32.3 Å². The number of benzene rings is 1. The summed E-state index contributed by atoms with van der Waals surface area (Å²) in [5.74, 6) is 1.06. The Kier molecular flexibility index (Phi) is 3.37. The summed E-state index contributed by atoms with van der Waals surface area (Å²) in [5.41, 5.74) is 1.08. The third kappa shape index (κ3) is 2.18. The monoisotopic (exact) mass is 248 g/mol. The molecule has 3 unspecified atom stereocenters. The van der Waals surface area contributed by atoms with Crippen LogP contribution in [0.4, 0.5) is 0 Å². The molecule has 2 aliphatic heterocycles. The molecular weight excluding hydrogens is 228 g/mol. The topological polar surface area (TPSA) is 27.7 Å². The summed E-state index contributed by atoms with van der Waals surface area (Å²) in [4.78, 5) is 0. The van der Waals surface area contributed by atoms with E-state index in [2.05, 4.69) is 13.8 Å². The summed E-state index contributed by atoms with van der Waals surface area (Å²) in [7, 11) is 0. The molecule has 0 N–H and O–H groups in total. The molecule has 0 aliphatic carbocycles. The third-order valence-electron chi connectivity index (χ3n) is 4.12. The number of fused-ring (bicyclic) bond motifs is 1. The zero-order valence-electron chi connectivity index (χ0n) is 10.9. The fourth-order valence-electron chi connectivity index (χ4n) is 2.69. The molecule has 1 aromatic carbocycles. The van der Waals surface area contributed by atoms with Crippen LogP contribution in [0.5, 0.6) is 0 Å². The van der Waals surface area contributed by atoms with Gasteiger partial charge in [0.05, 0.1) is 19.3 Å². The van der Waals surface area contributed by atoms with E-state index in [0.29, 0.717) is 18.4 Å². The molecular formula is C15H20O3. The van der Waals surface area contributed by atoms with Gasteiger partial charge in [-0.15, -0.1) is 0 Å². The van der Waals surface area contributed by atoms with E-state index in [1.807, 2.05) is 30.3 Å². The molecule has 3 nitrogen and oxygen atoms in total. The van der Waals surface area contributed by atoms with Gasteiger partial charge in [0, 0.05) is 5.56 Å². The molecule has 0 radical (unpaired) electrons. The molecule has 3 rings (SSSR count). The van der Waals surface area contributed by atoms with Crippen LogP contribution in [0.1, 0.15) is 25.7 Å². The molecule has 2 saturated heterocycles. The molecule has 0 amide bonds. The second-order valence-corrected chi connectivity index (χ2v) is 5.38. The highest BCUT2D eigenvalue weighted by Crippen LogP contribution is 2.36. The lowest BCUT2D eigenvalue weighted by atomic mass is 9.85. The standard InChI is InChI=1S/C15H20O3/c1-10-8-16-13-9-17-15(18-14(13)11(10)2)12-6-4-3-5-7-12/h3-7,10-11,13-15H,8-9H2,1-2H3/t10?,11-,13?,14-,15?/m1/s1. The van der Waals surface area contributed by atoms with Crippen LogP contribution >= 0.6 is 0 Å². The molecule has 18 heavy (non-hydrogen) atoms. The Labute approximate surface area is 108 Å². The molecule has 3 heteroatoms. The molecule has 2 fully saturated rings. The van der Waals surface area contributed by atoms with Gasteiger partial charge in [-0.3, -0.25) is 0 Å². The fourth-order valence-corrected chi connectivity index (χ4v) is 2.69. The molecule has 5 atom stereocenters. The SMILES string of the molecule is CC1COC2COC(c3ccccc3)O[C@@H]2[C@@H]1C. The Morgan fingerprint density at radius 3 is 2.56 bits per heavy atom. The van der Waals surface area contributed by atoms with Crippen molar-refractivity contribution in [2.75, 3.05) is 13.2 Å². The van der Waals surface area contributed by atoms with Crippen molar-refractivity contribution in [1.29, 1.82) is 0 Å². The highest BCUT2D eigenvalue weighted by molar-refractivity contribution is 5.16. The molecule has 2 aliphatic rings. The molecule has 0 saturated carbocycles. The van der Waals surface area contributed by atoms with E-state index in [1.54, 1.807) is 0 Å². The van der Waals surface area contributed by atoms with E-state index in [1.165, 1.54) is 0 Å². The van der Waals surface area contributed by atoms with Crippen molar-refractivity contribution in [2.24, 2.45) is 11.8 Å². The van der Waals surface area contributed by atoms with Gasteiger partial charge < -0.3 is 14.2 Å². The number of ether oxygens (including phenoxy) is 3. The van der Waals surface area contributed by atoms with E-state index >= 15 is 0 Å². The van der Waals surface area contributed by atoms with E-state index in [-0.39, 0.29) is 18.5 Å². The van der Waals surface area contributed by atoms with Gasteiger partial charge in [0.2, 0.25) is 0 Å². The van der Waals surface area contributed by atoms with Gasteiger partial charge in [0.25, 0.3) is 0 Å². The van der Waals surface area contributed by atoms with Crippen LogP contribution in [-0.2, 0) is 14.2 Å². The maximum absolute atomic E-state index is 6.11. The Bertz CT molecular complexity index is 390. The van der Waals surface area contributed by atoms with Crippen LogP contribution < -0.4 is 0 Å². The Morgan fingerprint density at radius 2 is 1.78 bits per heavy atom. The molecule has 0 aromatic heterocycles. The van der Waals surface area contributed by atoms with Crippen molar-refractivity contribution >= 4 is 0 Å². The maximum Gasteiger partial charge on any atom is 0.184 e. The van der Waals surface area contributed by atoms with Crippen LogP contribution in [-0.4, -0.2) is 25.4 Å². The Morgan fingerprint density at radius 1 is 1.00 bits per heavy atom. The molecule has 0 bridgehead atoms. The minimum atomic E-state index is -0.246. The predicted molar refractivity (Wildman–Crippen MR) is 68.1 cm³/mol. The van der Waals surface area contributed by atoms with Gasteiger partial charge in [-0.25, -0.2) is 0 Å². The quantitative estimate of drug-likeness (QED) is 0.765. The summed E-state index contributed by atoms with van der Waals surface area (Å²) >= 11 is 0. The average molecular weight is 248 g/mol. The van der Waals surface area contributed by atoms with Gasteiger partial charge in [0.1, 0.15) is 6.10 Å². The van der Waals surface area contributed by atoms with Gasteiger partial charge in [-0.1, -0.05) is 44.2 Å². The summed E-state index contributed by atoms with van der Waals surface area (Å²) in [6.45, 7) is 5.90. The van der Waals surface area contributed by atoms with Gasteiger partial charge in [-0.05, 0) is 11.8 Å². The van der Waals surface area contributed by atoms with E-state index < -0.39 is 0 Å². The van der Waals surface area contributed by atoms with Crippen molar-refractivity contribution < 1.29 is 14.2 Å². The predicted octanol–water partition coefficient (Wildman–Crippen LogP) is 2.77. The van der Waals surface area contributed by atoms with Gasteiger partial charge in [-0.2, -0.15) is 0 Å². The first-order valence-electron chi connectivity index (χ1n) is 6.69. The number of hydrogen-bond donors (Lipinski definition) is 0. The van der Waals surface area contributed by atoms with Crippen molar-refractivity contribution in [3.63, 3.8) is 0 Å². The zero-order chi connectivity index (χ0) is 12.5. The first kappa shape index (κ1) is 12.2. The second kappa shape index (κ2) is 5.00. The number of rotatable bonds is 1. The molecule has 0 spiro atoms. The van der Waals surface area contributed by atoms with Gasteiger partial charge >= 0.3 is 0 Å². The van der Waals surface area contributed by atoms with Crippen LogP contribution in [0, 0.1) is 11.8 Å². The number of hydrogen-bond acceptors (Lipinski definition) is 3. The highest BCUT2D eigenvalue weighted by Gasteiger charge is 2.41. The van der Waals surface area contributed by atoms with E-state index in [0.717, 1.165) is 12.2 Å². The summed E-state index contributed by atoms with van der Waals surface area (Å²) in [6.07, 6.45) is -0.00679. The Hall–Kier alpha value is -0.900. The van der Waals surface area contributed by atoms with Crippen LogP contribution in [0.15, 0.2) is 30.3 Å². The lowest BCUT2D eigenvalue weighted by Crippen LogP contribution is -2.51. The first-order chi connectivity index (χ1) is 8.75.